The summed E-state index contributed by atoms with van der Waals surface area (Å²) in [5.74, 6) is 0. The zero-order chi connectivity index (χ0) is 18.5. The molecule has 0 aliphatic carbocycles. The fraction of sp³-hybridized carbons (Fsp3) is 0.895. The Kier molecular flexibility index (Phi) is 12.1. The lowest BCUT2D eigenvalue weighted by Gasteiger charge is -2.42. The molecule has 1 rings (SSSR count). The molecule has 1 fully saturated rings. The molecule has 0 radical (unpaired) electrons. The van der Waals surface area contributed by atoms with E-state index in [1.54, 1.807) is 6.08 Å². The molecule has 4 N–H and O–H groups in total. The number of unbranched alkanes of at least 4 members (excludes halogenated alkanes) is 7. The van der Waals surface area contributed by atoms with Crippen LogP contribution >= 0.6 is 0 Å². The van der Waals surface area contributed by atoms with Gasteiger partial charge in [-0.05, 0) is 13.3 Å². The third-order valence-corrected chi connectivity index (χ3v) is 4.56. The molecule has 0 spiro atoms. The fourth-order valence-electron chi connectivity index (χ4n) is 3.03. The first-order valence-corrected chi connectivity index (χ1v) is 9.73. The van der Waals surface area contributed by atoms with Crippen LogP contribution in [0.4, 0.5) is 0 Å². The minimum atomic E-state index is -0.959. The van der Waals surface area contributed by atoms with E-state index < -0.39 is 30.6 Å². The molecular formula is C19H37NO5. The van der Waals surface area contributed by atoms with Crippen molar-refractivity contribution in [1.82, 2.24) is 0 Å². The average molecular weight is 360 g/mol. The predicted octanol–water partition coefficient (Wildman–Crippen LogP) is 2.47. The normalized spacial score (nSPS) is 30.0. The highest BCUT2D eigenvalue weighted by atomic mass is 16.7. The Morgan fingerprint density at radius 2 is 1.72 bits per heavy atom. The average Bonchev–Trinajstić information content (AvgIpc) is 2.62. The van der Waals surface area contributed by atoms with Crippen LogP contribution in [0.5, 0.6) is 0 Å². The number of hydrogen-bond donors (Lipinski definition) is 3. The molecule has 1 aliphatic heterocycles. The first-order chi connectivity index (χ1) is 12.2. The molecule has 0 saturated carbocycles. The van der Waals surface area contributed by atoms with Gasteiger partial charge in [0, 0.05) is 6.61 Å². The zero-order valence-electron chi connectivity index (χ0n) is 15.8. The number of allylic oxidation sites excluding steroid dienone is 1. The number of hydrogen-bond acceptors (Lipinski definition) is 6. The van der Waals surface area contributed by atoms with Gasteiger partial charge in [-0.15, -0.1) is 0 Å². The smallest absolute Gasteiger partial charge is 0.217 e. The molecule has 0 aromatic carbocycles. The van der Waals surface area contributed by atoms with E-state index in [0.29, 0.717) is 6.61 Å². The quantitative estimate of drug-likeness (QED) is 0.345. The van der Waals surface area contributed by atoms with E-state index in [4.69, 9.17) is 19.9 Å². The van der Waals surface area contributed by atoms with Crippen molar-refractivity contribution in [1.29, 1.82) is 0 Å². The van der Waals surface area contributed by atoms with Gasteiger partial charge in [0.25, 0.3) is 0 Å². The highest BCUT2D eigenvalue weighted by Gasteiger charge is 2.44. The SMILES string of the molecule is C/C=C\O[C@H]1O[C@H](CO)C(O)[C@H](OCCCCCCCCCC)[C@H]1N. The summed E-state index contributed by atoms with van der Waals surface area (Å²) in [4.78, 5) is 0. The molecule has 148 valence electrons. The fourth-order valence-corrected chi connectivity index (χ4v) is 3.03. The van der Waals surface area contributed by atoms with Crippen molar-refractivity contribution in [2.45, 2.75) is 95.9 Å². The van der Waals surface area contributed by atoms with Crippen LogP contribution < -0.4 is 5.73 Å². The summed E-state index contributed by atoms with van der Waals surface area (Å²) in [5, 5.41) is 19.7. The molecule has 6 heteroatoms. The van der Waals surface area contributed by atoms with Gasteiger partial charge < -0.3 is 30.2 Å². The Labute approximate surface area is 152 Å². The number of rotatable bonds is 13. The lowest BCUT2D eigenvalue weighted by molar-refractivity contribution is -0.258. The van der Waals surface area contributed by atoms with E-state index in [1.165, 1.54) is 44.8 Å². The predicted molar refractivity (Wildman–Crippen MR) is 98.0 cm³/mol. The van der Waals surface area contributed by atoms with Crippen molar-refractivity contribution in [3.05, 3.63) is 12.3 Å². The maximum absolute atomic E-state index is 10.3. The number of ether oxygens (including phenoxy) is 3. The van der Waals surface area contributed by atoms with Crippen molar-refractivity contribution < 1.29 is 24.4 Å². The highest BCUT2D eigenvalue weighted by Crippen LogP contribution is 2.23. The Bertz CT molecular complexity index is 353. The molecule has 1 heterocycles. The highest BCUT2D eigenvalue weighted by molar-refractivity contribution is 4.93. The van der Waals surface area contributed by atoms with E-state index >= 15 is 0 Å². The van der Waals surface area contributed by atoms with Crippen LogP contribution in [0.3, 0.4) is 0 Å². The minimum Gasteiger partial charge on any atom is -0.471 e. The molecule has 0 aromatic rings. The van der Waals surface area contributed by atoms with Gasteiger partial charge in [-0.2, -0.15) is 0 Å². The molecule has 6 nitrogen and oxygen atoms in total. The third kappa shape index (κ3) is 8.05. The lowest BCUT2D eigenvalue weighted by atomic mass is 9.97. The zero-order valence-corrected chi connectivity index (χ0v) is 15.8. The van der Waals surface area contributed by atoms with Crippen molar-refractivity contribution in [3.63, 3.8) is 0 Å². The van der Waals surface area contributed by atoms with Crippen LogP contribution in [-0.2, 0) is 14.2 Å². The van der Waals surface area contributed by atoms with Gasteiger partial charge in [0.05, 0.1) is 18.9 Å². The monoisotopic (exact) mass is 359 g/mol. The lowest BCUT2D eigenvalue weighted by Crippen LogP contribution is -2.63. The third-order valence-electron chi connectivity index (χ3n) is 4.56. The summed E-state index contributed by atoms with van der Waals surface area (Å²) in [6, 6.07) is -0.608. The second-order valence-electron chi connectivity index (χ2n) is 6.71. The van der Waals surface area contributed by atoms with E-state index in [1.807, 2.05) is 6.92 Å². The van der Waals surface area contributed by atoms with E-state index in [9.17, 15) is 10.2 Å². The molecule has 5 atom stereocenters. The van der Waals surface area contributed by atoms with Crippen LogP contribution in [-0.4, -0.2) is 54.1 Å². The maximum Gasteiger partial charge on any atom is 0.217 e. The van der Waals surface area contributed by atoms with Gasteiger partial charge >= 0.3 is 0 Å². The molecular weight excluding hydrogens is 322 g/mol. The Morgan fingerprint density at radius 1 is 1.08 bits per heavy atom. The van der Waals surface area contributed by atoms with E-state index in [-0.39, 0.29) is 6.61 Å². The minimum absolute atomic E-state index is 0.304. The number of aliphatic hydroxyl groups excluding tert-OH is 2. The summed E-state index contributed by atoms with van der Waals surface area (Å²) in [6.07, 6.45) is 9.93. The van der Waals surface area contributed by atoms with Crippen molar-refractivity contribution in [3.8, 4) is 0 Å². The second-order valence-corrected chi connectivity index (χ2v) is 6.71. The summed E-state index contributed by atoms with van der Waals surface area (Å²) < 4.78 is 16.7. The molecule has 1 saturated heterocycles. The van der Waals surface area contributed by atoms with Gasteiger partial charge in [-0.1, -0.05) is 57.9 Å². The van der Waals surface area contributed by atoms with Gasteiger partial charge in [0.15, 0.2) is 0 Å². The van der Waals surface area contributed by atoms with Crippen LogP contribution in [0.1, 0.15) is 65.2 Å². The van der Waals surface area contributed by atoms with Crippen molar-refractivity contribution >= 4 is 0 Å². The second kappa shape index (κ2) is 13.5. The summed E-state index contributed by atoms with van der Waals surface area (Å²) in [6.45, 7) is 4.28. The maximum atomic E-state index is 10.3. The topological polar surface area (TPSA) is 94.2 Å². The first kappa shape index (κ1) is 22.4. The Balaban J connectivity index is 2.30. The molecule has 1 aliphatic rings. The van der Waals surface area contributed by atoms with Crippen molar-refractivity contribution in [2.24, 2.45) is 5.73 Å². The summed E-state index contributed by atoms with van der Waals surface area (Å²) >= 11 is 0. The first-order valence-electron chi connectivity index (χ1n) is 9.73. The Hall–Kier alpha value is -0.660. The largest absolute Gasteiger partial charge is 0.471 e. The molecule has 0 bridgehead atoms. The van der Waals surface area contributed by atoms with Crippen LogP contribution in [0, 0.1) is 0 Å². The molecule has 25 heavy (non-hydrogen) atoms. The van der Waals surface area contributed by atoms with Crippen LogP contribution in [0.2, 0.25) is 0 Å². The van der Waals surface area contributed by atoms with Gasteiger partial charge in [0.1, 0.15) is 18.3 Å². The molecule has 0 amide bonds. The molecule has 0 aromatic heterocycles. The van der Waals surface area contributed by atoms with Crippen LogP contribution in [0.15, 0.2) is 12.3 Å². The molecule has 1 unspecified atom stereocenters. The Morgan fingerprint density at radius 3 is 2.32 bits per heavy atom. The van der Waals surface area contributed by atoms with Gasteiger partial charge in [-0.3, -0.25) is 0 Å². The van der Waals surface area contributed by atoms with E-state index in [2.05, 4.69) is 6.92 Å². The number of aliphatic hydroxyl groups is 2. The van der Waals surface area contributed by atoms with Crippen molar-refractivity contribution in [2.75, 3.05) is 13.2 Å². The van der Waals surface area contributed by atoms with Gasteiger partial charge in [-0.25, -0.2) is 0 Å². The summed E-state index contributed by atoms with van der Waals surface area (Å²) in [5.41, 5.74) is 6.13. The van der Waals surface area contributed by atoms with Gasteiger partial charge in [0.2, 0.25) is 6.29 Å². The van der Waals surface area contributed by atoms with Crippen LogP contribution in [0.25, 0.3) is 0 Å². The number of nitrogens with two attached hydrogens (primary N) is 1. The summed E-state index contributed by atoms with van der Waals surface area (Å²) in [7, 11) is 0. The van der Waals surface area contributed by atoms with E-state index in [0.717, 1.165) is 12.8 Å². The standard InChI is InChI=1S/C19H37NO5/c1-3-5-6-7-8-9-10-11-13-23-18-16(20)19(24-12-4-2)25-15(14-21)17(18)22/h4,12,15-19,21-22H,3,5-11,13-14,20H2,1-2H3/b12-4-/t15-,16-,17?,18-,19+/m1/s1.